The molecule has 0 aliphatic carbocycles. The number of amides is 1. The third kappa shape index (κ3) is 2.58. The van der Waals surface area contributed by atoms with E-state index in [1.54, 1.807) is 36.2 Å². The summed E-state index contributed by atoms with van der Waals surface area (Å²) in [4.78, 5) is 37.2. The molecule has 3 aromatic carbocycles. The van der Waals surface area contributed by atoms with Gasteiger partial charge in [0.15, 0.2) is 0 Å². The van der Waals surface area contributed by atoms with Crippen LogP contribution in [-0.4, -0.2) is 21.7 Å². The maximum absolute atomic E-state index is 14.0. The van der Waals surface area contributed by atoms with Crippen LogP contribution in [0.15, 0.2) is 85.1 Å². The number of aromatic amines is 1. The van der Waals surface area contributed by atoms with Crippen LogP contribution >= 0.6 is 0 Å². The summed E-state index contributed by atoms with van der Waals surface area (Å²) in [6.07, 6.45) is 1.65. The number of ketones is 1. The fourth-order valence-electron chi connectivity index (χ4n) is 4.90. The smallest absolute Gasteiger partial charge is 0.250 e. The number of hydrogen-bond donors (Lipinski definition) is 2. The number of nitrogens with zero attached hydrogens (tertiary/aromatic N) is 2. The predicted molar refractivity (Wildman–Crippen MR) is 130 cm³/mol. The van der Waals surface area contributed by atoms with Gasteiger partial charge in [-0.2, -0.15) is 0 Å². The van der Waals surface area contributed by atoms with Crippen LogP contribution in [0.4, 0.5) is 17.1 Å². The van der Waals surface area contributed by atoms with Crippen LogP contribution in [0.25, 0.3) is 21.8 Å². The molecule has 0 saturated heterocycles. The highest BCUT2D eigenvalue weighted by Gasteiger charge is 2.54. The fraction of sp³-hybridized carbons (Fsp3) is 0.0741. The van der Waals surface area contributed by atoms with Crippen molar-refractivity contribution in [1.82, 2.24) is 9.97 Å². The van der Waals surface area contributed by atoms with Crippen LogP contribution in [-0.2, 0) is 10.2 Å². The minimum absolute atomic E-state index is 0.229. The van der Waals surface area contributed by atoms with Crippen molar-refractivity contribution in [2.24, 2.45) is 0 Å². The molecule has 1 unspecified atom stereocenters. The number of hydrogen-bond acceptors (Lipinski definition) is 4. The topological polar surface area (TPSA) is 92.1 Å². The van der Waals surface area contributed by atoms with Crippen molar-refractivity contribution in [3.63, 3.8) is 0 Å². The highest BCUT2D eigenvalue weighted by Crippen LogP contribution is 2.49. The third-order valence-corrected chi connectivity index (χ3v) is 6.54. The standard InChI is InChI=1S/C27H20N4O2/c1-27(25(32)21-14-18-17-10-5-6-12-20(17)30-22(18)15-29-21)24-19(28)11-7-13-23(24)31(26(27)33)16-8-3-2-4-9-16/h2-15,30H,28H2,1H3. The molecule has 3 N–H and O–H groups in total. The lowest BCUT2D eigenvalue weighted by Gasteiger charge is -2.23. The molecule has 0 radical (unpaired) electrons. The number of para-hydroxylation sites is 2. The van der Waals surface area contributed by atoms with Gasteiger partial charge < -0.3 is 10.7 Å². The molecule has 0 bridgehead atoms. The fourth-order valence-corrected chi connectivity index (χ4v) is 4.90. The summed E-state index contributed by atoms with van der Waals surface area (Å²) >= 11 is 0. The first-order valence-corrected chi connectivity index (χ1v) is 10.7. The maximum Gasteiger partial charge on any atom is 0.250 e. The number of H-pyrrole nitrogens is 1. The molecule has 160 valence electrons. The third-order valence-electron chi connectivity index (χ3n) is 6.54. The Morgan fingerprint density at radius 3 is 2.52 bits per heavy atom. The number of Topliss-reactive ketones (excluding diaryl/α,β-unsaturated/α-hetero) is 1. The minimum atomic E-state index is -1.50. The van der Waals surface area contributed by atoms with Crippen molar-refractivity contribution in [1.29, 1.82) is 0 Å². The Hall–Kier alpha value is -4.45. The zero-order valence-corrected chi connectivity index (χ0v) is 17.9. The van der Waals surface area contributed by atoms with Crippen LogP contribution in [0.2, 0.25) is 0 Å². The predicted octanol–water partition coefficient (Wildman–Crippen LogP) is 5.12. The number of fused-ring (bicyclic) bond motifs is 4. The SMILES string of the molecule is CC1(C(=O)c2cc3c(cn2)[nH]c2ccccc23)C(=O)N(c2ccccc2)c2cccc(N)c21. The number of carbonyl (C=O) groups excluding carboxylic acids is 2. The molecule has 1 atom stereocenters. The van der Waals surface area contributed by atoms with Crippen molar-refractivity contribution in [3.05, 3.63) is 96.3 Å². The highest BCUT2D eigenvalue weighted by atomic mass is 16.2. The Morgan fingerprint density at radius 1 is 0.939 bits per heavy atom. The summed E-state index contributed by atoms with van der Waals surface area (Å²) in [6, 6.07) is 24.3. The number of benzene rings is 3. The lowest BCUT2D eigenvalue weighted by Crippen LogP contribution is -2.43. The Balaban J connectivity index is 1.55. The second kappa shape index (κ2) is 6.77. The molecular weight excluding hydrogens is 412 g/mol. The van der Waals surface area contributed by atoms with Crippen LogP contribution in [0.5, 0.6) is 0 Å². The van der Waals surface area contributed by atoms with E-state index < -0.39 is 5.41 Å². The molecule has 5 aromatic rings. The average Bonchev–Trinajstić information content (AvgIpc) is 3.32. The lowest BCUT2D eigenvalue weighted by atomic mass is 9.77. The summed E-state index contributed by atoms with van der Waals surface area (Å²) in [5.74, 6) is -0.718. The first-order chi connectivity index (χ1) is 16.0. The van der Waals surface area contributed by atoms with E-state index >= 15 is 0 Å². The monoisotopic (exact) mass is 432 g/mol. The van der Waals surface area contributed by atoms with E-state index in [1.165, 1.54) is 0 Å². The average molecular weight is 432 g/mol. The molecule has 0 saturated carbocycles. The van der Waals surface area contributed by atoms with Crippen LogP contribution < -0.4 is 10.6 Å². The summed E-state index contributed by atoms with van der Waals surface area (Å²) in [5.41, 5.74) is 9.12. The summed E-state index contributed by atoms with van der Waals surface area (Å²) in [7, 11) is 0. The molecule has 1 aliphatic rings. The van der Waals surface area contributed by atoms with Crippen LogP contribution in [0, 0.1) is 0 Å². The van der Waals surface area contributed by atoms with Gasteiger partial charge in [0, 0.05) is 33.2 Å². The lowest BCUT2D eigenvalue weighted by molar-refractivity contribution is -0.120. The second-order valence-electron chi connectivity index (χ2n) is 8.46. The normalized spacial score (nSPS) is 17.6. The van der Waals surface area contributed by atoms with Gasteiger partial charge >= 0.3 is 0 Å². The Bertz CT molecular complexity index is 1590. The van der Waals surface area contributed by atoms with E-state index in [0.717, 1.165) is 21.8 Å². The van der Waals surface area contributed by atoms with Crippen molar-refractivity contribution in [3.8, 4) is 0 Å². The van der Waals surface area contributed by atoms with E-state index in [1.807, 2.05) is 60.7 Å². The van der Waals surface area contributed by atoms with E-state index in [2.05, 4.69) is 9.97 Å². The molecule has 3 heterocycles. The summed E-state index contributed by atoms with van der Waals surface area (Å²) < 4.78 is 0. The quantitative estimate of drug-likeness (QED) is 0.235. The first kappa shape index (κ1) is 19.3. The Morgan fingerprint density at radius 2 is 1.70 bits per heavy atom. The largest absolute Gasteiger partial charge is 0.398 e. The number of pyridine rings is 1. The van der Waals surface area contributed by atoms with Gasteiger partial charge in [0.05, 0.1) is 17.4 Å². The molecule has 6 nitrogen and oxygen atoms in total. The number of nitrogen functional groups attached to an aromatic ring is 1. The molecular formula is C27H20N4O2. The summed E-state index contributed by atoms with van der Waals surface area (Å²) in [5, 5.41) is 1.89. The molecule has 1 aliphatic heterocycles. The van der Waals surface area contributed by atoms with Gasteiger partial charge in [-0.05, 0) is 43.3 Å². The van der Waals surface area contributed by atoms with Gasteiger partial charge in [-0.15, -0.1) is 0 Å². The van der Waals surface area contributed by atoms with Gasteiger partial charge in [-0.3, -0.25) is 19.5 Å². The first-order valence-electron chi connectivity index (χ1n) is 10.7. The number of nitrogens with two attached hydrogens (primary N) is 1. The van der Waals surface area contributed by atoms with Gasteiger partial charge in [0.1, 0.15) is 11.1 Å². The van der Waals surface area contributed by atoms with Crippen LogP contribution in [0.1, 0.15) is 23.0 Å². The number of aromatic nitrogens is 2. The van der Waals surface area contributed by atoms with E-state index in [4.69, 9.17) is 5.73 Å². The van der Waals surface area contributed by atoms with Crippen molar-refractivity contribution in [2.45, 2.75) is 12.3 Å². The van der Waals surface area contributed by atoms with Gasteiger partial charge in [0.2, 0.25) is 11.7 Å². The molecule has 0 fully saturated rings. The molecule has 6 heteroatoms. The van der Waals surface area contributed by atoms with Crippen molar-refractivity contribution < 1.29 is 9.59 Å². The number of anilines is 3. The van der Waals surface area contributed by atoms with Gasteiger partial charge in [-0.1, -0.05) is 42.5 Å². The summed E-state index contributed by atoms with van der Waals surface area (Å²) in [6.45, 7) is 1.65. The molecule has 0 spiro atoms. The van der Waals surface area contributed by atoms with Gasteiger partial charge in [-0.25, -0.2) is 0 Å². The van der Waals surface area contributed by atoms with Crippen molar-refractivity contribution >= 4 is 50.6 Å². The van der Waals surface area contributed by atoms with Crippen LogP contribution in [0.3, 0.4) is 0 Å². The Labute approximate surface area is 189 Å². The number of carbonyl (C=O) groups is 2. The maximum atomic E-state index is 14.0. The minimum Gasteiger partial charge on any atom is -0.398 e. The van der Waals surface area contributed by atoms with Gasteiger partial charge in [0.25, 0.3) is 0 Å². The Kier molecular flexibility index (Phi) is 3.95. The number of rotatable bonds is 3. The molecule has 6 rings (SSSR count). The van der Waals surface area contributed by atoms with E-state index in [-0.39, 0.29) is 17.4 Å². The van der Waals surface area contributed by atoms with E-state index in [0.29, 0.717) is 22.6 Å². The zero-order valence-electron chi connectivity index (χ0n) is 17.9. The second-order valence-corrected chi connectivity index (χ2v) is 8.46. The molecule has 1 amide bonds. The zero-order chi connectivity index (χ0) is 22.7. The number of nitrogens with one attached hydrogen (secondary N) is 1. The molecule has 33 heavy (non-hydrogen) atoms. The highest BCUT2D eigenvalue weighted by molar-refractivity contribution is 6.29. The van der Waals surface area contributed by atoms with E-state index in [9.17, 15) is 9.59 Å². The molecule has 2 aromatic heterocycles. The van der Waals surface area contributed by atoms with Crippen molar-refractivity contribution in [2.75, 3.05) is 10.6 Å².